The van der Waals surface area contributed by atoms with Crippen LogP contribution in [0.5, 0.6) is 5.75 Å². The number of nitrogens with zero attached hydrogens (tertiary/aromatic N) is 2. The van der Waals surface area contributed by atoms with Gasteiger partial charge in [-0.25, -0.2) is 4.79 Å². The Hall–Kier alpha value is -2.39. The van der Waals surface area contributed by atoms with E-state index < -0.39 is 47.3 Å². The zero-order valence-electron chi connectivity index (χ0n) is 15.7. The molecule has 0 saturated carbocycles. The molecule has 0 spiro atoms. The molecule has 0 atom stereocenters. The molecule has 156 valence electrons. The monoisotopic (exact) mass is 475 g/mol. The minimum Gasteiger partial charge on any atom is -0.507 e. The Bertz CT molecular complexity index is 1440. The van der Waals surface area contributed by atoms with E-state index in [-0.39, 0.29) is 51.7 Å². The van der Waals surface area contributed by atoms with Gasteiger partial charge >= 0.3 is 35.5 Å². The van der Waals surface area contributed by atoms with Crippen LogP contribution in [0, 0.1) is 0 Å². The third kappa shape index (κ3) is 5.65. The topological polar surface area (TPSA) is 191 Å². The van der Waals surface area contributed by atoms with Crippen LogP contribution in [-0.2, 0) is 20.2 Å². The van der Waals surface area contributed by atoms with E-state index in [2.05, 4.69) is 10.2 Å². The Balaban J connectivity index is 0.00000341. The van der Waals surface area contributed by atoms with Gasteiger partial charge in [-0.1, -0.05) is 6.07 Å². The van der Waals surface area contributed by atoms with Crippen molar-refractivity contribution in [1.82, 2.24) is 0 Å². The van der Waals surface area contributed by atoms with Crippen LogP contribution in [-0.4, -0.2) is 42.1 Å². The number of aromatic hydroxyl groups is 1. The van der Waals surface area contributed by atoms with E-state index in [1.165, 1.54) is 24.3 Å². The molecule has 0 aromatic heterocycles. The molecule has 0 bridgehead atoms. The van der Waals surface area contributed by atoms with Gasteiger partial charge in [-0.15, -0.1) is 0 Å². The predicted octanol–water partition coefficient (Wildman–Crippen LogP) is 0.156. The molecule has 3 rings (SSSR count). The summed E-state index contributed by atoms with van der Waals surface area (Å²) >= 11 is 0. The molecule has 0 aliphatic carbocycles. The van der Waals surface area contributed by atoms with Gasteiger partial charge in [0.2, 0.25) is 0 Å². The fourth-order valence-electron chi connectivity index (χ4n) is 2.58. The maximum atomic E-state index is 11.7. The van der Waals surface area contributed by atoms with Crippen molar-refractivity contribution in [3.63, 3.8) is 0 Å². The molecule has 0 heterocycles. The minimum atomic E-state index is -4.86. The molecular weight excluding hydrogens is 463 g/mol. The van der Waals surface area contributed by atoms with Crippen LogP contribution in [0.15, 0.2) is 68.6 Å². The molecular formula is C17H12N2NaO9S2+. The van der Waals surface area contributed by atoms with Crippen molar-refractivity contribution in [1.29, 1.82) is 0 Å². The fraction of sp³-hybridized carbons (Fsp3) is 0. The smallest absolute Gasteiger partial charge is 0.507 e. The molecule has 3 aromatic carbocycles. The van der Waals surface area contributed by atoms with Gasteiger partial charge in [-0.3, -0.25) is 9.11 Å². The van der Waals surface area contributed by atoms with Crippen molar-refractivity contribution in [2.24, 2.45) is 10.2 Å². The molecule has 0 unspecified atom stereocenters. The summed E-state index contributed by atoms with van der Waals surface area (Å²) in [6.45, 7) is 0. The van der Waals surface area contributed by atoms with E-state index in [0.717, 1.165) is 18.2 Å². The van der Waals surface area contributed by atoms with Gasteiger partial charge in [0.15, 0.2) is 0 Å². The third-order valence-corrected chi connectivity index (χ3v) is 5.67. The van der Waals surface area contributed by atoms with Crippen molar-refractivity contribution < 1.29 is 70.5 Å². The Morgan fingerprint density at radius 3 is 1.94 bits per heavy atom. The van der Waals surface area contributed by atoms with Crippen molar-refractivity contribution >= 4 is 48.4 Å². The quantitative estimate of drug-likeness (QED) is 0.226. The minimum absolute atomic E-state index is 0. The van der Waals surface area contributed by atoms with Crippen molar-refractivity contribution in [3.05, 3.63) is 54.1 Å². The van der Waals surface area contributed by atoms with Gasteiger partial charge in [0, 0.05) is 5.39 Å². The summed E-state index contributed by atoms with van der Waals surface area (Å²) in [5, 5.41) is 26.2. The number of azo groups is 1. The van der Waals surface area contributed by atoms with Crippen LogP contribution in [0.4, 0.5) is 11.4 Å². The molecule has 3 aromatic rings. The van der Waals surface area contributed by atoms with E-state index in [1.807, 2.05) is 0 Å². The molecule has 31 heavy (non-hydrogen) atoms. The standard InChI is InChI=1S/C17H12N2O9S2.Na/c20-15-4-3-11(7-14(15)17(21)22)19-18-10-2-1-9-5-12(29(23,24)25)8-16(13(9)6-10)30(26,27)28;/h1-8,20H,(H,21,22)(H,23,24,25)(H,26,27,28);/q;+1. The van der Waals surface area contributed by atoms with Gasteiger partial charge in [-0.2, -0.15) is 27.1 Å². The zero-order chi connectivity index (χ0) is 22.3. The molecule has 0 radical (unpaired) electrons. The summed E-state index contributed by atoms with van der Waals surface area (Å²) in [6.07, 6.45) is 0. The number of phenols is 1. The zero-order valence-corrected chi connectivity index (χ0v) is 19.3. The summed E-state index contributed by atoms with van der Waals surface area (Å²) in [7, 11) is -9.59. The average Bonchev–Trinajstić information content (AvgIpc) is 2.64. The number of benzene rings is 3. The first-order chi connectivity index (χ1) is 13.9. The van der Waals surface area contributed by atoms with Gasteiger partial charge in [0.1, 0.15) is 16.2 Å². The second-order valence-electron chi connectivity index (χ2n) is 5.98. The predicted molar refractivity (Wildman–Crippen MR) is 103 cm³/mol. The Morgan fingerprint density at radius 1 is 0.806 bits per heavy atom. The number of hydrogen-bond acceptors (Lipinski definition) is 8. The summed E-state index contributed by atoms with van der Waals surface area (Å²) in [5.74, 6) is -1.83. The maximum Gasteiger partial charge on any atom is 1.00 e. The maximum absolute atomic E-state index is 11.7. The van der Waals surface area contributed by atoms with E-state index in [9.17, 15) is 35.8 Å². The Morgan fingerprint density at radius 2 is 1.39 bits per heavy atom. The number of carboxylic acid groups (broad SMARTS) is 1. The summed E-state index contributed by atoms with van der Waals surface area (Å²) in [4.78, 5) is 9.57. The first-order valence-corrected chi connectivity index (χ1v) is 10.7. The first-order valence-electron chi connectivity index (χ1n) is 7.87. The van der Waals surface area contributed by atoms with Gasteiger partial charge in [0.05, 0.1) is 16.3 Å². The summed E-state index contributed by atoms with van der Waals surface area (Å²) in [5.41, 5.74) is -0.213. The van der Waals surface area contributed by atoms with E-state index in [1.54, 1.807) is 0 Å². The Labute approximate surface area is 197 Å². The third-order valence-electron chi connectivity index (χ3n) is 3.94. The number of fused-ring (bicyclic) bond motifs is 1. The number of hydrogen-bond donors (Lipinski definition) is 4. The largest absolute Gasteiger partial charge is 1.00 e. The van der Waals surface area contributed by atoms with Crippen molar-refractivity contribution in [3.8, 4) is 5.75 Å². The van der Waals surface area contributed by atoms with Gasteiger partial charge < -0.3 is 10.2 Å². The molecule has 11 nitrogen and oxygen atoms in total. The second kappa shape index (κ2) is 9.00. The van der Waals surface area contributed by atoms with Crippen LogP contribution in [0.25, 0.3) is 10.8 Å². The van der Waals surface area contributed by atoms with Crippen LogP contribution in [0.1, 0.15) is 10.4 Å². The number of carbonyl (C=O) groups is 1. The van der Waals surface area contributed by atoms with E-state index in [0.29, 0.717) is 6.07 Å². The van der Waals surface area contributed by atoms with E-state index >= 15 is 0 Å². The molecule has 4 N–H and O–H groups in total. The van der Waals surface area contributed by atoms with Crippen LogP contribution in [0.3, 0.4) is 0 Å². The number of carboxylic acids is 1. The van der Waals surface area contributed by atoms with Crippen LogP contribution < -0.4 is 29.6 Å². The van der Waals surface area contributed by atoms with Crippen LogP contribution >= 0.6 is 0 Å². The van der Waals surface area contributed by atoms with Crippen molar-refractivity contribution in [2.75, 3.05) is 0 Å². The Kier molecular flexibility index (Phi) is 7.22. The van der Waals surface area contributed by atoms with E-state index in [4.69, 9.17) is 5.11 Å². The molecule has 0 fully saturated rings. The molecule has 0 aliphatic heterocycles. The van der Waals surface area contributed by atoms with Gasteiger partial charge in [-0.05, 0) is 47.9 Å². The summed E-state index contributed by atoms with van der Waals surface area (Å²) < 4.78 is 64.8. The number of aromatic carboxylic acids is 1. The number of rotatable bonds is 5. The second-order valence-corrected chi connectivity index (χ2v) is 8.80. The van der Waals surface area contributed by atoms with Crippen LogP contribution in [0.2, 0.25) is 0 Å². The molecule has 0 saturated heterocycles. The molecule has 0 amide bonds. The summed E-state index contributed by atoms with van der Waals surface area (Å²) in [6, 6.07) is 8.96. The van der Waals surface area contributed by atoms with Gasteiger partial charge in [0.25, 0.3) is 20.2 Å². The SMILES string of the molecule is O=C(O)c1cc(N=Nc2ccc3cc(S(=O)(=O)O)cc(S(=O)(=O)O)c3c2)ccc1O.[Na+]. The first kappa shape index (κ1) is 24.9. The molecule has 0 aliphatic rings. The fourth-order valence-corrected chi connectivity index (χ4v) is 3.93. The average molecular weight is 475 g/mol. The van der Waals surface area contributed by atoms with Crippen molar-refractivity contribution in [2.45, 2.75) is 9.79 Å². The normalized spacial score (nSPS) is 12.1. The molecule has 14 heteroatoms.